The zero-order valence-electron chi connectivity index (χ0n) is 10.8. The highest BCUT2D eigenvalue weighted by Gasteiger charge is 2.07. The Morgan fingerprint density at radius 2 is 1.61 bits per heavy atom. The van der Waals surface area contributed by atoms with Crippen LogP contribution in [-0.2, 0) is 0 Å². The fourth-order valence-electron chi connectivity index (χ4n) is 1.96. The van der Waals surface area contributed by atoms with E-state index in [2.05, 4.69) is 32.0 Å². The van der Waals surface area contributed by atoms with Gasteiger partial charge in [0, 0.05) is 10.6 Å². The van der Waals surface area contributed by atoms with Crippen molar-refractivity contribution in [1.29, 1.82) is 0 Å². The van der Waals surface area contributed by atoms with Crippen molar-refractivity contribution in [3.8, 4) is 0 Å². The molecule has 0 spiro atoms. The van der Waals surface area contributed by atoms with Crippen LogP contribution in [0.25, 0.3) is 0 Å². The molecule has 1 nitrogen and oxygen atoms in total. The van der Waals surface area contributed by atoms with E-state index in [0.717, 1.165) is 5.56 Å². The van der Waals surface area contributed by atoms with Gasteiger partial charge >= 0.3 is 0 Å². The summed E-state index contributed by atoms with van der Waals surface area (Å²) in [6.07, 6.45) is -0.406. The first kappa shape index (κ1) is 13.2. The van der Waals surface area contributed by atoms with Crippen molar-refractivity contribution < 1.29 is 5.11 Å². The zero-order valence-corrected chi connectivity index (χ0v) is 11.6. The summed E-state index contributed by atoms with van der Waals surface area (Å²) in [6, 6.07) is 16.3. The van der Waals surface area contributed by atoms with Crippen LogP contribution < -0.4 is 0 Å². The SMILES string of the molecule is Cc1cc(C)cc(SCC(O)c2ccccc2)c1. The van der Waals surface area contributed by atoms with Crippen molar-refractivity contribution in [1.82, 2.24) is 0 Å². The molecule has 0 aromatic heterocycles. The van der Waals surface area contributed by atoms with Crippen LogP contribution in [0.5, 0.6) is 0 Å². The minimum absolute atomic E-state index is 0.406. The van der Waals surface area contributed by atoms with Crippen LogP contribution in [0, 0.1) is 13.8 Å². The molecular formula is C16H18OS. The number of thioether (sulfide) groups is 1. The molecule has 2 aromatic rings. The highest BCUT2D eigenvalue weighted by atomic mass is 32.2. The predicted molar refractivity (Wildman–Crippen MR) is 78.0 cm³/mol. The standard InChI is InChI=1S/C16H18OS/c1-12-8-13(2)10-15(9-12)18-11-16(17)14-6-4-3-5-7-14/h3-10,16-17H,11H2,1-2H3. The molecule has 1 unspecified atom stereocenters. The molecule has 0 aliphatic heterocycles. The van der Waals surface area contributed by atoms with Crippen LogP contribution in [0.3, 0.4) is 0 Å². The molecule has 1 N–H and O–H groups in total. The van der Waals surface area contributed by atoms with Gasteiger partial charge in [-0.3, -0.25) is 0 Å². The van der Waals surface area contributed by atoms with E-state index >= 15 is 0 Å². The van der Waals surface area contributed by atoms with Crippen LogP contribution in [0.4, 0.5) is 0 Å². The highest BCUT2D eigenvalue weighted by Crippen LogP contribution is 2.26. The lowest BCUT2D eigenvalue weighted by molar-refractivity contribution is 0.204. The van der Waals surface area contributed by atoms with E-state index in [-0.39, 0.29) is 0 Å². The van der Waals surface area contributed by atoms with Gasteiger partial charge in [-0.15, -0.1) is 11.8 Å². The van der Waals surface area contributed by atoms with E-state index in [9.17, 15) is 5.11 Å². The first-order valence-corrected chi connectivity index (χ1v) is 7.08. The molecule has 0 radical (unpaired) electrons. The molecule has 2 rings (SSSR count). The Morgan fingerprint density at radius 1 is 1.00 bits per heavy atom. The number of rotatable bonds is 4. The summed E-state index contributed by atoms with van der Waals surface area (Å²) in [6.45, 7) is 4.20. The van der Waals surface area contributed by atoms with Crippen LogP contribution in [-0.4, -0.2) is 10.9 Å². The first-order valence-electron chi connectivity index (χ1n) is 6.09. The molecule has 0 aliphatic rings. The summed E-state index contributed by atoms with van der Waals surface area (Å²) in [7, 11) is 0. The van der Waals surface area contributed by atoms with Gasteiger partial charge in [0.25, 0.3) is 0 Å². The van der Waals surface area contributed by atoms with Gasteiger partial charge in [0.1, 0.15) is 0 Å². The fourth-order valence-corrected chi connectivity index (χ4v) is 3.04. The molecule has 0 amide bonds. The summed E-state index contributed by atoms with van der Waals surface area (Å²) >= 11 is 1.70. The lowest BCUT2D eigenvalue weighted by atomic mass is 10.1. The van der Waals surface area contributed by atoms with Gasteiger partial charge in [0.2, 0.25) is 0 Å². The Balaban J connectivity index is 1.99. The molecule has 1 atom stereocenters. The molecule has 0 saturated carbocycles. The van der Waals surface area contributed by atoms with Crippen LogP contribution in [0.1, 0.15) is 22.8 Å². The fraction of sp³-hybridized carbons (Fsp3) is 0.250. The van der Waals surface area contributed by atoms with E-state index < -0.39 is 6.10 Å². The van der Waals surface area contributed by atoms with Crippen LogP contribution in [0.2, 0.25) is 0 Å². The minimum Gasteiger partial charge on any atom is -0.388 e. The van der Waals surface area contributed by atoms with E-state index in [4.69, 9.17) is 0 Å². The van der Waals surface area contributed by atoms with Crippen LogP contribution in [0.15, 0.2) is 53.4 Å². The smallest absolute Gasteiger partial charge is 0.0883 e. The number of benzene rings is 2. The van der Waals surface area contributed by atoms with E-state index in [1.54, 1.807) is 11.8 Å². The second kappa shape index (κ2) is 6.07. The number of aryl methyl sites for hydroxylation is 2. The zero-order chi connectivity index (χ0) is 13.0. The third-order valence-corrected chi connectivity index (χ3v) is 3.84. The topological polar surface area (TPSA) is 20.2 Å². The van der Waals surface area contributed by atoms with Gasteiger partial charge in [-0.1, -0.05) is 36.4 Å². The number of hydrogen-bond donors (Lipinski definition) is 1. The minimum atomic E-state index is -0.406. The number of hydrogen-bond acceptors (Lipinski definition) is 2. The van der Waals surface area contributed by atoms with Gasteiger partial charge in [-0.05, 0) is 42.7 Å². The Labute approximate surface area is 113 Å². The summed E-state index contributed by atoms with van der Waals surface area (Å²) in [5.41, 5.74) is 3.52. The molecule has 0 saturated heterocycles. The average molecular weight is 258 g/mol. The van der Waals surface area contributed by atoms with Crippen molar-refractivity contribution in [2.24, 2.45) is 0 Å². The summed E-state index contributed by atoms with van der Waals surface area (Å²) in [4.78, 5) is 1.22. The molecule has 0 aliphatic carbocycles. The lowest BCUT2D eigenvalue weighted by Crippen LogP contribution is -2.00. The summed E-state index contributed by atoms with van der Waals surface area (Å²) in [5, 5.41) is 10.1. The Bertz CT molecular complexity index is 488. The van der Waals surface area contributed by atoms with Gasteiger partial charge < -0.3 is 5.11 Å². The second-order valence-electron chi connectivity index (χ2n) is 4.56. The van der Waals surface area contributed by atoms with E-state index in [0.29, 0.717) is 5.75 Å². The molecule has 2 heteroatoms. The summed E-state index contributed by atoms with van der Waals surface area (Å²) in [5.74, 6) is 0.687. The predicted octanol–water partition coefficient (Wildman–Crippen LogP) is 4.13. The highest BCUT2D eigenvalue weighted by molar-refractivity contribution is 7.99. The van der Waals surface area contributed by atoms with E-state index in [1.165, 1.54) is 16.0 Å². The van der Waals surface area contributed by atoms with Gasteiger partial charge in [-0.25, -0.2) is 0 Å². The second-order valence-corrected chi connectivity index (χ2v) is 5.65. The molecule has 0 heterocycles. The molecule has 0 bridgehead atoms. The molecule has 0 fully saturated rings. The van der Waals surface area contributed by atoms with Crippen LogP contribution >= 0.6 is 11.8 Å². The molecular weight excluding hydrogens is 240 g/mol. The average Bonchev–Trinajstić information content (AvgIpc) is 2.36. The Kier molecular flexibility index (Phi) is 4.45. The maximum atomic E-state index is 10.1. The first-order chi connectivity index (χ1) is 8.65. The Morgan fingerprint density at radius 3 is 2.22 bits per heavy atom. The van der Waals surface area contributed by atoms with Gasteiger partial charge in [-0.2, -0.15) is 0 Å². The van der Waals surface area contributed by atoms with Crippen molar-refractivity contribution in [2.45, 2.75) is 24.8 Å². The van der Waals surface area contributed by atoms with Crippen molar-refractivity contribution >= 4 is 11.8 Å². The summed E-state index contributed by atoms with van der Waals surface area (Å²) < 4.78 is 0. The number of aliphatic hydroxyl groups is 1. The molecule has 94 valence electrons. The monoisotopic (exact) mass is 258 g/mol. The maximum Gasteiger partial charge on any atom is 0.0883 e. The molecule has 2 aromatic carbocycles. The third kappa shape index (κ3) is 3.62. The van der Waals surface area contributed by atoms with Crippen molar-refractivity contribution in [3.05, 3.63) is 65.2 Å². The van der Waals surface area contributed by atoms with Crippen molar-refractivity contribution in [2.75, 3.05) is 5.75 Å². The lowest BCUT2D eigenvalue weighted by Gasteiger charge is -2.11. The number of aliphatic hydroxyl groups excluding tert-OH is 1. The van der Waals surface area contributed by atoms with Crippen molar-refractivity contribution in [3.63, 3.8) is 0 Å². The molecule has 18 heavy (non-hydrogen) atoms. The van der Waals surface area contributed by atoms with E-state index in [1.807, 2.05) is 30.3 Å². The van der Waals surface area contributed by atoms with Gasteiger partial charge in [0.15, 0.2) is 0 Å². The van der Waals surface area contributed by atoms with Gasteiger partial charge in [0.05, 0.1) is 6.10 Å². The quantitative estimate of drug-likeness (QED) is 0.832. The largest absolute Gasteiger partial charge is 0.388 e. The normalized spacial score (nSPS) is 12.4. The third-order valence-electron chi connectivity index (χ3n) is 2.79. The Hall–Kier alpha value is -1.25. The maximum absolute atomic E-state index is 10.1.